The zero-order chi connectivity index (χ0) is 12.3. The van der Waals surface area contributed by atoms with Gasteiger partial charge in [-0.2, -0.15) is 0 Å². The Morgan fingerprint density at radius 1 is 1.41 bits per heavy atom. The van der Waals surface area contributed by atoms with Crippen molar-refractivity contribution in [1.82, 2.24) is 4.57 Å². The average molecular weight is 235 g/mol. The van der Waals surface area contributed by atoms with E-state index >= 15 is 0 Å². The van der Waals surface area contributed by atoms with Crippen LogP contribution in [-0.4, -0.2) is 23.6 Å². The van der Waals surface area contributed by atoms with Crippen molar-refractivity contribution in [3.63, 3.8) is 0 Å². The van der Waals surface area contributed by atoms with Gasteiger partial charge in [0.05, 0.1) is 12.7 Å². The van der Waals surface area contributed by atoms with Gasteiger partial charge in [-0.05, 0) is 32.8 Å². The maximum atomic E-state index is 10.8. The van der Waals surface area contributed by atoms with Gasteiger partial charge in [-0.1, -0.05) is 12.8 Å². The fourth-order valence-corrected chi connectivity index (χ4v) is 2.66. The highest BCUT2D eigenvalue weighted by atomic mass is 16.5. The molecule has 17 heavy (non-hydrogen) atoms. The van der Waals surface area contributed by atoms with E-state index in [1.165, 1.54) is 25.7 Å². The van der Waals surface area contributed by atoms with E-state index in [-0.39, 0.29) is 0 Å². The summed E-state index contributed by atoms with van der Waals surface area (Å²) in [6, 6.07) is 1.94. The molecule has 1 aromatic heterocycles. The van der Waals surface area contributed by atoms with Crippen molar-refractivity contribution in [3.8, 4) is 0 Å². The molecule has 0 aliphatic heterocycles. The number of hydrogen-bond donors (Lipinski definition) is 0. The van der Waals surface area contributed by atoms with E-state index in [1.807, 2.05) is 19.9 Å². The summed E-state index contributed by atoms with van der Waals surface area (Å²) < 4.78 is 8.02. The summed E-state index contributed by atoms with van der Waals surface area (Å²) in [6.07, 6.45) is 6.43. The van der Waals surface area contributed by atoms with Crippen LogP contribution in [0.4, 0.5) is 0 Å². The molecule has 1 aliphatic carbocycles. The van der Waals surface area contributed by atoms with Crippen molar-refractivity contribution in [2.24, 2.45) is 0 Å². The summed E-state index contributed by atoms with van der Waals surface area (Å²) in [5.41, 5.74) is 2.98. The third-order valence-corrected chi connectivity index (χ3v) is 3.71. The Hall–Kier alpha value is -1.09. The maximum absolute atomic E-state index is 10.8. The number of carbonyl (C=O) groups excluding carboxylic acids is 1. The van der Waals surface area contributed by atoms with E-state index in [0.29, 0.717) is 6.10 Å². The van der Waals surface area contributed by atoms with Crippen molar-refractivity contribution in [1.29, 1.82) is 0 Å². The Kier molecular flexibility index (Phi) is 4.00. The first-order valence-electron chi connectivity index (χ1n) is 6.46. The minimum absolute atomic E-state index is 0.469. The molecule has 1 fully saturated rings. The second kappa shape index (κ2) is 5.50. The normalized spacial score (nSPS) is 16.6. The zero-order valence-corrected chi connectivity index (χ0v) is 10.7. The highest BCUT2D eigenvalue weighted by Crippen LogP contribution is 2.21. The molecular weight excluding hydrogens is 214 g/mol. The second-order valence-electron chi connectivity index (χ2n) is 4.87. The molecule has 3 nitrogen and oxygen atoms in total. The van der Waals surface area contributed by atoms with Gasteiger partial charge in [0.15, 0.2) is 6.29 Å². The van der Waals surface area contributed by atoms with Gasteiger partial charge < -0.3 is 9.30 Å². The molecule has 1 heterocycles. The van der Waals surface area contributed by atoms with E-state index in [9.17, 15) is 4.79 Å². The molecule has 1 aromatic rings. The number of nitrogens with zero attached hydrogens (tertiary/aromatic N) is 1. The van der Waals surface area contributed by atoms with Gasteiger partial charge in [-0.25, -0.2) is 0 Å². The maximum Gasteiger partial charge on any atom is 0.151 e. The minimum Gasteiger partial charge on any atom is -0.376 e. The van der Waals surface area contributed by atoms with E-state index in [0.717, 1.165) is 36.4 Å². The third-order valence-electron chi connectivity index (χ3n) is 3.71. The van der Waals surface area contributed by atoms with Gasteiger partial charge in [-0.3, -0.25) is 4.79 Å². The highest BCUT2D eigenvalue weighted by molar-refractivity contribution is 5.77. The van der Waals surface area contributed by atoms with Crippen LogP contribution in [-0.2, 0) is 11.3 Å². The molecule has 0 aromatic carbocycles. The van der Waals surface area contributed by atoms with Gasteiger partial charge in [0.1, 0.15) is 0 Å². The van der Waals surface area contributed by atoms with E-state index in [4.69, 9.17) is 4.74 Å². The zero-order valence-electron chi connectivity index (χ0n) is 10.7. The smallest absolute Gasteiger partial charge is 0.151 e. The summed E-state index contributed by atoms with van der Waals surface area (Å²) in [6.45, 7) is 5.63. The van der Waals surface area contributed by atoms with Crippen LogP contribution in [0.5, 0.6) is 0 Å². The molecule has 0 atom stereocenters. The lowest BCUT2D eigenvalue weighted by Gasteiger charge is -2.13. The number of aromatic nitrogens is 1. The molecule has 0 radical (unpaired) electrons. The molecule has 0 spiro atoms. The second-order valence-corrected chi connectivity index (χ2v) is 4.87. The predicted molar refractivity (Wildman–Crippen MR) is 67.5 cm³/mol. The van der Waals surface area contributed by atoms with Crippen molar-refractivity contribution >= 4 is 6.29 Å². The number of hydrogen-bond acceptors (Lipinski definition) is 2. The first-order valence-corrected chi connectivity index (χ1v) is 6.46. The molecule has 0 N–H and O–H groups in total. The van der Waals surface area contributed by atoms with Crippen LogP contribution in [0.3, 0.4) is 0 Å². The molecule has 3 heteroatoms. The summed E-state index contributed by atoms with van der Waals surface area (Å²) in [4.78, 5) is 10.8. The Bertz CT molecular complexity index is 389. The van der Waals surface area contributed by atoms with Gasteiger partial charge in [-0.15, -0.1) is 0 Å². The number of carbonyl (C=O) groups is 1. The van der Waals surface area contributed by atoms with Gasteiger partial charge >= 0.3 is 0 Å². The Morgan fingerprint density at radius 3 is 2.71 bits per heavy atom. The lowest BCUT2D eigenvalue weighted by Crippen LogP contribution is -2.14. The van der Waals surface area contributed by atoms with E-state index < -0.39 is 0 Å². The van der Waals surface area contributed by atoms with Crippen LogP contribution in [0.1, 0.15) is 47.4 Å². The SMILES string of the molecule is Cc1cc(C=O)c(C)n1CCOC1CCCC1. The van der Waals surface area contributed by atoms with Crippen molar-refractivity contribution in [2.75, 3.05) is 6.61 Å². The van der Waals surface area contributed by atoms with Crippen LogP contribution < -0.4 is 0 Å². The molecular formula is C14H21NO2. The Labute approximate surface area is 103 Å². The molecule has 0 amide bonds. The molecule has 0 bridgehead atoms. The van der Waals surface area contributed by atoms with Crippen molar-refractivity contribution in [3.05, 3.63) is 23.0 Å². The van der Waals surface area contributed by atoms with Gasteiger partial charge in [0.2, 0.25) is 0 Å². The lowest BCUT2D eigenvalue weighted by molar-refractivity contribution is 0.0525. The topological polar surface area (TPSA) is 31.2 Å². The average Bonchev–Trinajstić information content (AvgIpc) is 2.91. The first-order chi connectivity index (χ1) is 8.22. The number of aryl methyl sites for hydroxylation is 1. The Balaban J connectivity index is 1.89. The molecule has 94 valence electrons. The van der Waals surface area contributed by atoms with Crippen LogP contribution in [0.15, 0.2) is 6.07 Å². The van der Waals surface area contributed by atoms with Crippen LogP contribution in [0.25, 0.3) is 0 Å². The predicted octanol–water partition coefficient (Wildman–Crippen LogP) is 2.88. The monoisotopic (exact) mass is 235 g/mol. The van der Waals surface area contributed by atoms with E-state index in [2.05, 4.69) is 4.57 Å². The minimum atomic E-state index is 0.469. The van der Waals surface area contributed by atoms with Gasteiger partial charge in [0, 0.05) is 23.5 Å². The summed E-state index contributed by atoms with van der Waals surface area (Å²) in [7, 11) is 0. The molecule has 2 rings (SSSR count). The van der Waals surface area contributed by atoms with Gasteiger partial charge in [0.25, 0.3) is 0 Å². The Morgan fingerprint density at radius 2 is 2.12 bits per heavy atom. The lowest BCUT2D eigenvalue weighted by atomic mass is 10.3. The van der Waals surface area contributed by atoms with Crippen molar-refractivity contribution in [2.45, 2.75) is 52.2 Å². The number of rotatable bonds is 5. The molecule has 1 aliphatic rings. The quantitative estimate of drug-likeness (QED) is 0.735. The first kappa shape index (κ1) is 12.4. The largest absolute Gasteiger partial charge is 0.376 e. The molecule has 0 saturated heterocycles. The van der Waals surface area contributed by atoms with Crippen LogP contribution in [0, 0.1) is 13.8 Å². The fraction of sp³-hybridized carbons (Fsp3) is 0.643. The summed E-state index contributed by atoms with van der Waals surface area (Å²) in [5.74, 6) is 0. The number of ether oxygens (including phenoxy) is 1. The standard InChI is InChI=1S/C14H21NO2/c1-11-9-13(10-16)12(2)15(11)7-8-17-14-5-3-4-6-14/h9-10,14H,3-8H2,1-2H3. The van der Waals surface area contributed by atoms with Crippen LogP contribution >= 0.6 is 0 Å². The summed E-state index contributed by atoms with van der Waals surface area (Å²) in [5, 5.41) is 0. The molecule has 0 unspecified atom stereocenters. The molecule has 1 saturated carbocycles. The van der Waals surface area contributed by atoms with Crippen LogP contribution in [0.2, 0.25) is 0 Å². The fourth-order valence-electron chi connectivity index (χ4n) is 2.66. The number of aldehydes is 1. The highest BCUT2D eigenvalue weighted by Gasteiger charge is 2.15. The van der Waals surface area contributed by atoms with Crippen molar-refractivity contribution < 1.29 is 9.53 Å². The van der Waals surface area contributed by atoms with E-state index in [1.54, 1.807) is 0 Å². The summed E-state index contributed by atoms with van der Waals surface area (Å²) >= 11 is 0. The third kappa shape index (κ3) is 2.78.